The molecule has 2 saturated heterocycles. The molecule has 0 aliphatic carbocycles. The smallest absolute Gasteiger partial charge is 0.435 e. The fourth-order valence-electron chi connectivity index (χ4n) is 2.92. The summed E-state index contributed by atoms with van der Waals surface area (Å²) in [5, 5.41) is 10.7. The second kappa shape index (κ2) is 8.11. The van der Waals surface area contributed by atoms with E-state index in [1.54, 1.807) is 6.92 Å². The average molecular weight is 354 g/mol. The monoisotopic (exact) mass is 354 g/mol. The van der Waals surface area contributed by atoms with Crippen molar-refractivity contribution in [1.29, 1.82) is 0 Å². The third-order valence-corrected chi connectivity index (χ3v) is 4.11. The zero-order chi connectivity index (χ0) is 17.8. The maximum atomic E-state index is 11.6. The Morgan fingerprint density at radius 3 is 2.72 bits per heavy atom. The van der Waals surface area contributed by atoms with Crippen LogP contribution in [0.3, 0.4) is 0 Å². The van der Waals surface area contributed by atoms with Gasteiger partial charge in [0.1, 0.15) is 18.3 Å². The Hall–Kier alpha value is -1.71. The van der Waals surface area contributed by atoms with E-state index in [0.29, 0.717) is 0 Å². The standard InChI is InChI=1S/C17H22O8/c1-3-21-17(19)25-14-12(18)13-11(23-16(14)20-2)9-22-15(24-13)10-7-5-4-6-8-10/h4-8,11-16,18H,3,9H2,1-2H3/t11-,12+,13+,14-,15+,16+/m1/s1. The first-order chi connectivity index (χ1) is 12.1. The van der Waals surface area contributed by atoms with Gasteiger partial charge in [0.05, 0.1) is 13.2 Å². The van der Waals surface area contributed by atoms with E-state index in [1.807, 2.05) is 30.3 Å². The summed E-state index contributed by atoms with van der Waals surface area (Å²) >= 11 is 0. The molecule has 6 atom stereocenters. The van der Waals surface area contributed by atoms with Crippen molar-refractivity contribution in [2.24, 2.45) is 0 Å². The maximum absolute atomic E-state index is 11.6. The fourth-order valence-corrected chi connectivity index (χ4v) is 2.92. The largest absolute Gasteiger partial charge is 0.508 e. The Balaban J connectivity index is 1.72. The van der Waals surface area contributed by atoms with Crippen molar-refractivity contribution in [1.82, 2.24) is 0 Å². The molecule has 2 fully saturated rings. The molecular formula is C17H22O8. The molecule has 0 saturated carbocycles. The topological polar surface area (TPSA) is 92.7 Å². The van der Waals surface area contributed by atoms with Gasteiger partial charge in [-0.1, -0.05) is 30.3 Å². The van der Waals surface area contributed by atoms with Crippen LogP contribution in [-0.2, 0) is 28.4 Å². The second-order valence-electron chi connectivity index (χ2n) is 5.71. The number of hydrogen-bond acceptors (Lipinski definition) is 8. The molecule has 0 spiro atoms. The minimum Gasteiger partial charge on any atom is -0.435 e. The minimum atomic E-state index is -1.15. The highest BCUT2D eigenvalue weighted by Gasteiger charge is 2.51. The molecule has 2 heterocycles. The van der Waals surface area contributed by atoms with Gasteiger partial charge in [0.25, 0.3) is 0 Å². The summed E-state index contributed by atoms with van der Waals surface area (Å²) in [6.45, 7) is 2.03. The number of aliphatic hydroxyl groups excluding tert-OH is 1. The molecule has 8 nitrogen and oxygen atoms in total. The summed E-state index contributed by atoms with van der Waals surface area (Å²) in [5.74, 6) is 0. The highest BCUT2D eigenvalue weighted by atomic mass is 16.8. The highest BCUT2D eigenvalue weighted by Crippen LogP contribution is 2.35. The molecule has 3 rings (SSSR count). The van der Waals surface area contributed by atoms with Gasteiger partial charge in [-0.05, 0) is 6.92 Å². The molecule has 0 radical (unpaired) electrons. The first-order valence-corrected chi connectivity index (χ1v) is 8.15. The number of rotatable bonds is 4. The van der Waals surface area contributed by atoms with Crippen LogP contribution >= 0.6 is 0 Å². The number of aliphatic hydroxyl groups is 1. The van der Waals surface area contributed by atoms with Crippen molar-refractivity contribution < 1.29 is 38.3 Å². The lowest BCUT2D eigenvalue weighted by Crippen LogP contribution is -2.63. The summed E-state index contributed by atoms with van der Waals surface area (Å²) in [6, 6.07) is 9.36. The molecule has 0 aromatic heterocycles. The quantitative estimate of drug-likeness (QED) is 0.811. The molecular weight excluding hydrogens is 332 g/mol. The lowest BCUT2D eigenvalue weighted by molar-refractivity contribution is -0.358. The van der Waals surface area contributed by atoms with Crippen molar-refractivity contribution in [2.75, 3.05) is 20.3 Å². The number of hydrogen-bond donors (Lipinski definition) is 1. The van der Waals surface area contributed by atoms with E-state index in [0.717, 1.165) is 5.56 Å². The fraction of sp³-hybridized carbons (Fsp3) is 0.588. The third kappa shape index (κ3) is 3.94. The lowest BCUT2D eigenvalue weighted by atomic mass is 9.97. The zero-order valence-corrected chi connectivity index (χ0v) is 14.1. The molecule has 8 heteroatoms. The average Bonchev–Trinajstić information content (AvgIpc) is 2.64. The summed E-state index contributed by atoms with van der Waals surface area (Å²) in [7, 11) is 1.40. The number of fused-ring (bicyclic) bond motifs is 1. The van der Waals surface area contributed by atoms with Crippen LogP contribution in [0.2, 0.25) is 0 Å². The van der Waals surface area contributed by atoms with Gasteiger partial charge in [0.2, 0.25) is 0 Å². The molecule has 1 aromatic carbocycles. The number of carbonyl (C=O) groups excluding carboxylic acids is 1. The van der Waals surface area contributed by atoms with Crippen molar-refractivity contribution in [3.63, 3.8) is 0 Å². The van der Waals surface area contributed by atoms with Crippen molar-refractivity contribution in [3.8, 4) is 0 Å². The van der Waals surface area contributed by atoms with Gasteiger partial charge in [0, 0.05) is 12.7 Å². The Morgan fingerprint density at radius 2 is 2.04 bits per heavy atom. The highest BCUT2D eigenvalue weighted by molar-refractivity contribution is 5.60. The Morgan fingerprint density at radius 1 is 1.28 bits per heavy atom. The molecule has 138 valence electrons. The predicted octanol–water partition coefficient (Wildman–Crippen LogP) is 1.37. The molecule has 1 N–H and O–H groups in total. The first-order valence-electron chi connectivity index (χ1n) is 8.15. The Labute approximate surface area is 145 Å². The third-order valence-electron chi connectivity index (χ3n) is 4.11. The summed E-state index contributed by atoms with van der Waals surface area (Å²) in [6.07, 6.45) is -5.97. The van der Waals surface area contributed by atoms with Gasteiger partial charge >= 0.3 is 6.16 Å². The van der Waals surface area contributed by atoms with Crippen LogP contribution in [0.25, 0.3) is 0 Å². The molecule has 2 aliphatic rings. The van der Waals surface area contributed by atoms with Crippen LogP contribution in [0.1, 0.15) is 18.8 Å². The normalized spacial score (nSPS) is 34.8. The molecule has 2 aliphatic heterocycles. The van der Waals surface area contributed by atoms with Crippen molar-refractivity contribution in [3.05, 3.63) is 35.9 Å². The van der Waals surface area contributed by atoms with Crippen LogP contribution < -0.4 is 0 Å². The van der Waals surface area contributed by atoms with Gasteiger partial charge in [-0.25, -0.2) is 4.79 Å². The number of benzene rings is 1. The first kappa shape index (κ1) is 18.1. The van der Waals surface area contributed by atoms with E-state index in [4.69, 9.17) is 28.4 Å². The summed E-state index contributed by atoms with van der Waals surface area (Å²) in [5.41, 5.74) is 0.824. The van der Waals surface area contributed by atoms with E-state index in [9.17, 15) is 9.90 Å². The summed E-state index contributed by atoms with van der Waals surface area (Å²) in [4.78, 5) is 11.6. The van der Waals surface area contributed by atoms with Crippen LogP contribution in [0.15, 0.2) is 30.3 Å². The van der Waals surface area contributed by atoms with E-state index < -0.39 is 43.2 Å². The van der Waals surface area contributed by atoms with Gasteiger partial charge in [-0.3, -0.25) is 0 Å². The van der Waals surface area contributed by atoms with Gasteiger partial charge < -0.3 is 33.5 Å². The minimum absolute atomic E-state index is 0.159. The number of ether oxygens (including phenoxy) is 6. The number of carbonyl (C=O) groups is 1. The van der Waals surface area contributed by atoms with Crippen molar-refractivity contribution in [2.45, 2.75) is 43.9 Å². The second-order valence-corrected chi connectivity index (χ2v) is 5.71. The molecule has 25 heavy (non-hydrogen) atoms. The zero-order valence-electron chi connectivity index (χ0n) is 14.1. The van der Waals surface area contributed by atoms with E-state index in [-0.39, 0.29) is 13.2 Å². The number of methoxy groups -OCH3 is 1. The van der Waals surface area contributed by atoms with Gasteiger partial charge in [0.15, 0.2) is 18.7 Å². The summed E-state index contributed by atoms with van der Waals surface area (Å²) < 4.78 is 32.4. The lowest BCUT2D eigenvalue weighted by Gasteiger charge is -2.46. The van der Waals surface area contributed by atoms with E-state index in [1.165, 1.54) is 7.11 Å². The van der Waals surface area contributed by atoms with E-state index in [2.05, 4.69) is 0 Å². The van der Waals surface area contributed by atoms with Crippen LogP contribution in [0.5, 0.6) is 0 Å². The van der Waals surface area contributed by atoms with Crippen LogP contribution in [-0.4, -0.2) is 62.3 Å². The van der Waals surface area contributed by atoms with Crippen LogP contribution in [0, 0.1) is 0 Å². The molecule has 1 aromatic rings. The molecule has 0 amide bonds. The SMILES string of the molecule is CCOC(=O)O[C@H]1[C@@H](OC)O[C@@H]2CO[C@H](c3ccccc3)O[C@@H]2[C@@H]1O. The predicted molar refractivity (Wildman–Crippen MR) is 83.6 cm³/mol. The molecule has 0 bridgehead atoms. The van der Waals surface area contributed by atoms with Gasteiger partial charge in [-0.2, -0.15) is 0 Å². The van der Waals surface area contributed by atoms with Crippen molar-refractivity contribution >= 4 is 6.16 Å². The Bertz CT molecular complexity index is 565. The van der Waals surface area contributed by atoms with Gasteiger partial charge in [-0.15, -0.1) is 0 Å². The molecule has 0 unspecified atom stereocenters. The van der Waals surface area contributed by atoms with E-state index >= 15 is 0 Å². The van der Waals surface area contributed by atoms with Crippen LogP contribution in [0.4, 0.5) is 4.79 Å². The Kier molecular flexibility index (Phi) is 5.87. The maximum Gasteiger partial charge on any atom is 0.508 e.